The topological polar surface area (TPSA) is 29.9 Å². The maximum atomic E-state index is 4.18. The third-order valence-electron chi connectivity index (χ3n) is 3.84. The first-order valence-electron chi connectivity index (χ1n) is 7.10. The van der Waals surface area contributed by atoms with Gasteiger partial charge in [0.1, 0.15) is 0 Å². The van der Waals surface area contributed by atoms with Crippen molar-refractivity contribution in [3.05, 3.63) is 52.8 Å². The molecule has 0 radical (unpaired) electrons. The summed E-state index contributed by atoms with van der Waals surface area (Å²) in [6.07, 6.45) is 8.92. The second-order valence-corrected chi connectivity index (χ2v) is 5.41. The molecular formula is C16H21N3. The Morgan fingerprint density at radius 2 is 2.11 bits per heavy atom. The zero-order valence-electron chi connectivity index (χ0n) is 11.5. The van der Waals surface area contributed by atoms with E-state index >= 15 is 0 Å². The van der Waals surface area contributed by atoms with E-state index in [9.17, 15) is 0 Å². The fourth-order valence-corrected chi connectivity index (χ4v) is 2.80. The maximum Gasteiger partial charge on any atom is 0.0522 e. The number of fused-ring (bicyclic) bond motifs is 1. The molecule has 1 aliphatic rings. The summed E-state index contributed by atoms with van der Waals surface area (Å²) in [6.45, 7) is 1.97. The van der Waals surface area contributed by atoms with Crippen LogP contribution in [-0.2, 0) is 32.9 Å². The number of aromatic nitrogens is 2. The molecule has 3 rings (SSSR count). The van der Waals surface area contributed by atoms with Crippen molar-refractivity contribution in [2.24, 2.45) is 7.05 Å². The van der Waals surface area contributed by atoms with Gasteiger partial charge < -0.3 is 5.32 Å². The lowest BCUT2D eigenvalue weighted by atomic mass is 10.1. The van der Waals surface area contributed by atoms with Crippen LogP contribution >= 0.6 is 0 Å². The minimum absolute atomic E-state index is 0.966. The highest BCUT2D eigenvalue weighted by Gasteiger charge is 2.10. The number of rotatable bonds is 5. The Hall–Kier alpha value is -1.61. The monoisotopic (exact) mass is 255 g/mol. The number of hydrogen-bond acceptors (Lipinski definition) is 2. The van der Waals surface area contributed by atoms with Gasteiger partial charge in [-0.15, -0.1) is 0 Å². The number of benzene rings is 1. The largest absolute Gasteiger partial charge is 0.312 e. The van der Waals surface area contributed by atoms with Crippen molar-refractivity contribution in [3.8, 4) is 0 Å². The van der Waals surface area contributed by atoms with Gasteiger partial charge in [-0.05, 0) is 54.5 Å². The van der Waals surface area contributed by atoms with Crippen molar-refractivity contribution < 1.29 is 0 Å². The van der Waals surface area contributed by atoms with Gasteiger partial charge in [0, 0.05) is 19.8 Å². The summed E-state index contributed by atoms with van der Waals surface area (Å²) in [7, 11) is 1.96. The molecule has 0 amide bonds. The fraction of sp³-hybridized carbons (Fsp3) is 0.438. The van der Waals surface area contributed by atoms with Crippen LogP contribution in [0.2, 0.25) is 0 Å². The predicted molar refractivity (Wildman–Crippen MR) is 77.1 cm³/mol. The van der Waals surface area contributed by atoms with Gasteiger partial charge in [-0.2, -0.15) is 5.10 Å². The minimum atomic E-state index is 0.966. The van der Waals surface area contributed by atoms with E-state index in [4.69, 9.17) is 0 Å². The average Bonchev–Trinajstić information content (AvgIpc) is 3.03. The summed E-state index contributed by atoms with van der Waals surface area (Å²) in [5, 5.41) is 7.70. The molecule has 0 unspecified atom stereocenters. The lowest BCUT2D eigenvalue weighted by Crippen LogP contribution is -2.16. The minimum Gasteiger partial charge on any atom is -0.312 e. The van der Waals surface area contributed by atoms with Gasteiger partial charge in [0.15, 0.2) is 0 Å². The van der Waals surface area contributed by atoms with Crippen LogP contribution in [-0.4, -0.2) is 16.3 Å². The van der Waals surface area contributed by atoms with Crippen molar-refractivity contribution in [1.29, 1.82) is 0 Å². The first-order valence-corrected chi connectivity index (χ1v) is 7.10. The zero-order chi connectivity index (χ0) is 13.1. The van der Waals surface area contributed by atoms with Crippen molar-refractivity contribution in [2.45, 2.75) is 32.2 Å². The molecule has 100 valence electrons. The van der Waals surface area contributed by atoms with Crippen LogP contribution < -0.4 is 5.32 Å². The van der Waals surface area contributed by atoms with Crippen molar-refractivity contribution >= 4 is 0 Å². The highest BCUT2D eigenvalue weighted by Crippen LogP contribution is 2.22. The van der Waals surface area contributed by atoms with Crippen LogP contribution in [0.15, 0.2) is 30.6 Å². The van der Waals surface area contributed by atoms with Gasteiger partial charge in [0.05, 0.1) is 6.20 Å². The van der Waals surface area contributed by atoms with Crippen LogP contribution in [0.25, 0.3) is 0 Å². The summed E-state index contributed by atoms with van der Waals surface area (Å²) in [6, 6.07) is 6.95. The standard InChI is InChI=1S/C16H21N3/c1-19-12-14(11-18-19)7-8-17-10-13-5-6-15-3-2-4-16(15)9-13/h5-6,9,11-12,17H,2-4,7-8,10H2,1H3. The van der Waals surface area contributed by atoms with E-state index in [1.807, 2.05) is 17.9 Å². The Kier molecular flexibility index (Phi) is 3.65. The van der Waals surface area contributed by atoms with Crippen LogP contribution in [0.4, 0.5) is 0 Å². The molecule has 0 bridgehead atoms. The number of aryl methyl sites for hydroxylation is 3. The molecule has 19 heavy (non-hydrogen) atoms. The first-order chi connectivity index (χ1) is 9.31. The van der Waals surface area contributed by atoms with E-state index < -0.39 is 0 Å². The SMILES string of the molecule is Cn1cc(CCNCc2ccc3c(c2)CCC3)cn1. The molecule has 0 fully saturated rings. The zero-order valence-corrected chi connectivity index (χ0v) is 11.5. The Morgan fingerprint density at radius 1 is 1.21 bits per heavy atom. The summed E-state index contributed by atoms with van der Waals surface area (Å²) in [5.41, 5.74) is 5.82. The molecule has 3 heteroatoms. The average molecular weight is 255 g/mol. The maximum absolute atomic E-state index is 4.18. The molecule has 0 saturated heterocycles. The quantitative estimate of drug-likeness (QED) is 0.830. The number of hydrogen-bond donors (Lipinski definition) is 1. The molecule has 2 aromatic rings. The molecular weight excluding hydrogens is 234 g/mol. The Labute approximate surface area is 114 Å². The molecule has 3 nitrogen and oxygen atoms in total. The lowest BCUT2D eigenvalue weighted by Gasteiger charge is -2.06. The lowest BCUT2D eigenvalue weighted by molar-refractivity contribution is 0.685. The normalized spacial score (nSPS) is 13.7. The van der Waals surface area contributed by atoms with Crippen LogP contribution in [0.5, 0.6) is 0 Å². The molecule has 0 aliphatic heterocycles. The van der Waals surface area contributed by atoms with Gasteiger partial charge in [0.2, 0.25) is 0 Å². The summed E-state index contributed by atoms with van der Waals surface area (Å²) >= 11 is 0. The van der Waals surface area contributed by atoms with Crippen LogP contribution in [0.3, 0.4) is 0 Å². The van der Waals surface area contributed by atoms with Crippen molar-refractivity contribution in [1.82, 2.24) is 15.1 Å². The van der Waals surface area contributed by atoms with Crippen molar-refractivity contribution in [2.75, 3.05) is 6.54 Å². The van der Waals surface area contributed by atoms with Crippen LogP contribution in [0.1, 0.15) is 28.7 Å². The van der Waals surface area contributed by atoms with Gasteiger partial charge in [-0.1, -0.05) is 18.2 Å². The molecule has 0 saturated carbocycles. The predicted octanol–water partition coefficient (Wildman–Crippen LogP) is 2.24. The molecule has 0 atom stereocenters. The Morgan fingerprint density at radius 3 is 2.95 bits per heavy atom. The number of nitrogens with one attached hydrogen (secondary N) is 1. The van der Waals surface area contributed by atoms with E-state index in [1.165, 1.54) is 30.4 Å². The van der Waals surface area contributed by atoms with E-state index in [0.717, 1.165) is 19.5 Å². The summed E-state index contributed by atoms with van der Waals surface area (Å²) in [5.74, 6) is 0. The highest BCUT2D eigenvalue weighted by atomic mass is 15.2. The molecule has 1 heterocycles. The summed E-state index contributed by atoms with van der Waals surface area (Å²) in [4.78, 5) is 0. The second kappa shape index (κ2) is 5.57. The third kappa shape index (κ3) is 3.04. The van der Waals surface area contributed by atoms with Gasteiger partial charge in [-0.3, -0.25) is 4.68 Å². The van der Waals surface area contributed by atoms with E-state index in [0.29, 0.717) is 0 Å². The van der Waals surface area contributed by atoms with Crippen LogP contribution in [0, 0.1) is 0 Å². The summed E-state index contributed by atoms with van der Waals surface area (Å²) < 4.78 is 1.86. The van der Waals surface area contributed by atoms with Gasteiger partial charge >= 0.3 is 0 Å². The number of nitrogens with zero attached hydrogens (tertiary/aromatic N) is 2. The van der Waals surface area contributed by atoms with Gasteiger partial charge in [-0.25, -0.2) is 0 Å². The van der Waals surface area contributed by atoms with E-state index in [1.54, 1.807) is 11.1 Å². The van der Waals surface area contributed by atoms with Gasteiger partial charge in [0.25, 0.3) is 0 Å². The first kappa shape index (κ1) is 12.4. The molecule has 1 N–H and O–H groups in total. The second-order valence-electron chi connectivity index (χ2n) is 5.41. The smallest absolute Gasteiger partial charge is 0.0522 e. The van der Waals surface area contributed by atoms with Crippen molar-refractivity contribution in [3.63, 3.8) is 0 Å². The Balaban J connectivity index is 1.47. The molecule has 1 aromatic carbocycles. The van der Waals surface area contributed by atoms with E-state index in [-0.39, 0.29) is 0 Å². The van der Waals surface area contributed by atoms with E-state index in [2.05, 4.69) is 34.8 Å². The molecule has 0 spiro atoms. The Bertz CT molecular complexity index is 557. The molecule has 1 aromatic heterocycles. The highest BCUT2D eigenvalue weighted by molar-refractivity contribution is 5.35. The molecule has 1 aliphatic carbocycles. The fourth-order valence-electron chi connectivity index (χ4n) is 2.80. The third-order valence-corrected chi connectivity index (χ3v) is 3.84.